The average molecular weight is 341 g/mol. The van der Waals surface area contributed by atoms with E-state index in [1.165, 1.54) is 0 Å². The highest BCUT2D eigenvalue weighted by molar-refractivity contribution is 6.33. The zero-order valence-corrected chi connectivity index (χ0v) is 14.1. The molecule has 0 aliphatic carbocycles. The lowest BCUT2D eigenvalue weighted by atomic mass is 10.3. The quantitative estimate of drug-likeness (QED) is 0.689. The zero-order valence-electron chi connectivity index (χ0n) is 13.4. The van der Waals surface area contributed by atoms with Crippen molar-refractivity contribution in [2.24, 2.45) is 0 Å². The molecule has 122 valence electrons. The van der Waals surface area contributed by atoms with Gasteiger partial charge in [0.2, 0.25) is 5.95 Å². The van der Waals surface area contributed by atoms with Crippen molar-refractivity contribution in [3.8, 4) is 5.75 Å². The molecule has 0 saturated carbocycles. The number of hydrogen-bond donors (Lipinski definition) is 2. The standard InChI is InChI=1S/C18H17ClN4O/c1-12-11-17(21-13-7-9-14(24-2)10-8-13)23-18(20-12)22-16-6-4-3-5-15(16)19/h3-11H,1-2H3,(H2,20,21,22,23). The van der Waals surface area contributed by atoms with Crippen LogP contribution in [0.4, 0.5) is 23.1 Å². The van der Waals surface area contributed by atoms with E-state index in [0.717, 1.165) is 22.8 Å². The van der Waals surface area contributed by atoms with Gasteiger partial charge < -0.3 is 15.4 Å². The first-order valence-electron chi connectivity index (χ1n) is 7.42. The van der Waals surface area contributed by atoms with Gasteiger partial charge in [-0.3, -0.25) is 0 Å². The van der Waals surface area contributed by atoms with Gasteiger partial charge in [0.05, 0.1) is 17.8 Å². The zero-order chi connectivity index (χ0) is 16.9. The molecule has 24 heavy (non-hydrogen) atoms. The topological polar surface area (TPSA) is 59.1 Å². The molecule has 0 bridgehead atoms. The van der Waals surface area contributed by atoms with Gasteiger partial charge in [-0.15, -0.1) is 0 Å². The van der Waals surface area contributed by atoms with Crippen molar-refractivity contribution in [1.82, 2.24) is 9.97 Å². The van der Waals surface area contributed by atoms with Gasteiger partial charge in [0, 0.05) is 17.4 Å². The Morgan fingerprint density at radius 3 is 2.42 bits per heavy atom. The summed E-state index contributed by atoms with van der Waals surface area (Å²) in [5.41, 5.74) is 2.52. The van der Waals surface area contributed by atoms with Crippen LogP contribution in [0, 0.1) is 6.92 Å². The Hall–Kier alpha value is -2.79. The Labute approximate surface area is 145 Å². The summed E-state index contributed by atoms with van der Waals surface area (Å²) in [4.78, 5) is 8.88. The van der Waals surface area contributed by atoms with Gasteiger partial charge in [-0.25, -0.2) is 4.98 Å². The Balaban J connectivity index is 1.81. The van der Waals surface area contributed by atoms with Crippen LogP contribution in [0.2, 0.25) is 5.02 Å². The van der Waals surface area contributed by atoms with E-state index in [1.807, 2.05) is 61.5 Å². The molecule has 0 spiro atoms. The van der Waals surface area contributed by atoms with Crippen LogP contribution in [-0.4, -0.2) is 17.1 Å². The lowest BCUT2D eigenvalue weighted by Gasteiger charge is -2.11. The molecular formula is C18H17ClN4O. The minimum absolute atomic E-state index is 0.485. The normalized spacial score (nSPS) is 10.3. The molecule has 3 rings (SSSR count). The summed E-state index contributed by atoms with van der Waals surface area (Å²) < 4.78 is 5.16. The van der Waals surface area contributed by atoms with E-state index in [9.17, 15) is 0 Å². The number of para-hydroxylation sites is 1. The molecule has 0 unspecified atom stereocenters. The molecule has 6 heteroatoms. The molecule has 5 nitrogen and oxygen atoms in total. The molecule has 0 amide bonds. The number of benzene rings is 2. The Morgan fingerprint density at radius 1 is 0.958 bits per heavy atom. The second kappa shape index (κ2) is 7.19. The highest BCUT2D eigenvalue weighted by Crippen LogP contribution is 2.25. The van der Waals surface area contributed by atoms with Crippen LogP contribution in [0.25, 0.3) is 0 Å². The molecule has 0 aliphatic heterocycles. The smallest absolute Gasteiger partial charge is 0.229 e. The fraction of sp³-hybridized carbons (Fsp3) is 0.111. The van der Waals surface area contributed by atoms with E-state index >= 15 is 0 Å². The van der Waals surface area contributed by atoms with Crippen LogP contribution in [-0.2, 0) is 0 Å². The predicted octanol–water partition coefficient (Wildman–Crippen LogP) is 4.93. The number of aryl methyl sites for hydroxylation is 1. The van der Waals surface area contributed by atoms with Crippen LogP contribution >= 0.6 is 11.6 Å². The number of rotatable bonds is 5. The molecule has 0 fully saturated rings. The molecule has 2 aromatic carbocycles. The van der Waals surface area contributed by atoms with Gasteiger partial charge in [-0.05, 0) is 43.3 Å². The summed E-state index contributed by atoms with van der Waals surface area (Å²) in [6.07, 6.45) is 0. The Morgan fingerprint density at radius 2 is 1.71 bits per heavy atom. The minimum atomic E-state index is 0.485. The summed E-state index contributed by atoms with van der Waals surface area (Å²) in [5.74, 6) is 1.99. The first-order chi connectivity index (χ1) is 11.6. The number of methoxy groups -OCH3 is 1. The summed E-state index contributed by atoms with van der Waals surface area (Å²) in [6, 6.07) is 17.0. The Bertz CT molecular complexity index is 837. The van der Waals surface area contributed by atoms with Crippen LogP contribution in [0.3, 0.4) is 0 Å². The molecule has 0 atom stereocenters. The molecule has 0 saturated heterocycles. The fourth-order valence-corrected chi connectivity index (χ4v) is 2.38. The van der Waals surface area contributed by atoms with Crippen molar-refractivity contribution in [1.29, 1.82) is 0 Å². The van der Waals surface area contributed by atoms with Crippen molar-refractivity contribution in [3.05, 3.63) is 65.3 Å². The molecular weight excluding hydrogens is 324 g/mol. The molecule has 1 aromatic heterocycles. The summed E-state index contributed by atoms with van der Waals surface area (Å²) in [5, 5.41) is 7.02. The first-order valence-corrected chi connectivity index (χ1v) is 7.80. The van der Waals surface area contributed by atoms with Gasteiger partial charge in [0.25, 0.3) is 0 Å². The number of aromatic nitrogens is 2. The van der Waals surface area contributed by atoms with Gasteiger partial charge in [0.1, 0.15) is 11.6 Å². The van der Waals surface area contributed by atoms with Crippen LogP contribution in [0.5, 0.6) is 5.75 Å². The predicted molar refractivity (Wildman–Crippen MR) is 97.8 cm³/mol. The third-order valence-electron chi connectivity index (χ3n) is 3.34. The lowest BCUT2D eigenvalue weighted by Crippen LogP contribution is -2.02. The van der Waals surface area contributed by atoms with Crippen molar-refractivity contribution in [2.45, 2.75) is 6.92 Å². The van der Waals surface area contributed by atoms with Crippen molar-refractivity contribution < 1.29 is 4.74 Å². The van der Waals surface area contributed by atoms with Crippen LogP contribution < -0.4 is 15.4 Å². The highest BCUT2D eigenvalue weighted by Gasteiger charge is 2.06. The maximum absolute atomic E-state index is 6.17. The summed E-state index contributed by atoms with van der Waals surface area (Å²) in [7, 11) is 1.64. The van der Waals surface area contributed by atoms with Crippen LogP contribution in [0.1, 0.15) is 5.69 Å². The molecule has 3 aromatic rings. The van der Waals surface area contributed by atoms with E-state index in [1.54, 1.807) is 7.11 Å². The largest absolute Gasteiger partial charge is 0.497 e. The molecule has 1 heterocycles. The number of halogens is 1. The van der Waals surface area contributed by atoms with Crippen molar-refractivity contribution in [2.75, 3.05) is 17.7 Å². The number of nitrogens with zero attached hydrogens (tertiary/aromatic N) is 2. The second-order valence-corrected chi connectivity index (χ2v) is 5.58. The fourth-order valence-electron chi connectivity index (χ4n) is 2.19. The van der Waals surface area contributed by atoms with Crippen molar-refractivity contribution >= 4 is 34.7 Å². The Kier molecular flexibility index (Phi) is 4.82. The summed E-state index contributed by atoms with van der Waals surface area (Å²) in [6.45, 7) is 1.92. The SMILES string of the molecule is COc1ccc(Nc2cc(C)nc(Nc3ccccc3Cl)n2)cc1. The number of ether oxygens (including phenoxy) is 1. The maximum atomic E-state index is 6.17. The van der Waals surface area contributed by atoms with E-state index < -0.39 is 0 Å². The van der Waals surface area contributed by atoms with Crippen molar-refractivity contribution in [3.63, 3.8) is 0 Å². The van der Waals surface area contributed by atoms with Gasteiger partial charge in [-0.1, -0.05) is 23.7 Å². The number of nitrogens with one attached hydrogen (secondary N) is 2. The van der Waals surface area contributed by atoms with Gasteiger partial charge >= 0.3 is 0 Å². The molecule has 2 N–H and O–H groups in total. The second-order valence-electron chi connectivity index (χ2n) is 5.18. The first kappa shape index (κ1) is 16.1. The summed E-state index contributed by atoms with van der Waals surface area (Å²) >= 11 is 6.17. The maximum Gasteiger partial charge on any atom is 0.229 e. The third kappa shape index (κ3) is 3.94. The van der Waals surface area contributed by atoms with E-state index in [-0.39, 0.29) is 0 Å². The van der Waals surface area contributed by atoms with Gasteiger partial charge in [-0.2, -0.15) is 4.98 Å². The number of anilines is 4. The third-order valence-corrected chi connectivity index (χ3v) is 3.67. The van der Waals surface area contributed by atoms with E-state index in [0.29, 0.717) is 16.8 Å². The van der Waals surface area contributed by atoms with Crippen LogP contribution in [0.15, 0.2) is 54.6 Å². The molecule has 0 aliphatic rings. The number of hydrogen-bond acceptors (Lipinski definition) is 5. The lowest BCUT2D eigenvalue weighted by molar-refractivity contribution is 0.415. The van der Waals surface area contributed by atoms with Gasteiger partial charge in [0.15, 0.2) is 0 Å². The average Bonchev–Trinajstić information content (AvgIpc) is 2.57. The highest BCUT2D eigenvalue weighted by atomic mass is 35.5. The monoisotopic (exact) mass is 340 g/mol. The van der Waals surface area contributed by atoms with E-state index in [4.69, 9.17) is 16.3 Å². The molecule has 0 radical (unpaired) electrons. The van der Waals surface area contributed by atoms with E-state index in [2.05, 4.69) is 20.6 Å². The minimum Gasteiger partial charge on any atom is -0.497 e.